The molecule has 3 rings (SSSR count). The van der Waals surface area contributed by atoms with Crippen molar-refractivity contribution < 1.29 is 4.79 Å². The van der Waals surface area contributed by atoms with Crippen LogP contribution in [0.1, 0.15) is 41.0 Å². The molecule has 0 spiro atoms. The number of rotatable bonds is 7. The fourth-order valence-corrected chi connectivity index (χ4v) is 3.97. The highest BCUT2D eigenvalue weighted by molar-refractivity contribution is 7.80. The molecule has 27 heavy (non-hydrogen) atoms. The van der Waals surface area contributed by atoms with Crippen molar-refractivity contribution in [2.24, 2.45) is 5.92 Å². The first kappa shape index (κ1) is 19.8. The summed E-state index contributed by atoms with van der Waals surface area (Å²) in [5.74, 6) is 1.47. The molecule has 0 aliphatic heterocycles. The summed E-state index contributed by atoms with van der Waals surface area (Å²) in [6.45, 7) is 2.26. The molecule has 5 nitrogen and oxygen atoms in total. The molecule has 0 saturated heterocycles. The van der Waals surface area contributed by atoms with E-state index in [1.165, 1.54) is 0 Å². The van der Waals surface area contributed by atoms with Gasteiger partial charge in [-0.1, -0.05) is 6.92 Å². The van der Waals surface area contributed by atoms with Gasteiger partial charge in [-0.3, -0.25) is 4.79 Å². The third-order valence-corrected chi connectivity index (χ3v) is 5.80. The van der Waals surface area contributed by atoms with Gasteiger partial charge >= 0.3 is 0 Å². The maximum Gasteiger partial charge on any atom is 0.253 e. The maximum absolute atomic E-state index is 12.1. The lowest BCUT2D eigenvalue weighted by atomic mass is 10.00. The van der Waals surface area contributed by atoms with Gasteiger partial charge in [0.2, 0.25) is 0 Å². The summed E-state index contributed by atoms with van der Waals surface area (Å²) >= 11 is 5.89. The van der Waals surface area contributed by atoms with Gasteiger partial charge in [-0.25, -0.2) is 15.0 Å². The zero-order chi connectivity index (χ0) is 19.4. The Kier molecular flexibility index (Phi) is 6.44. The van der Waals surface area contributed by atoms with Crippen LogP contribution >= 0.6 is 24.0 Å². The Balaban J connectivity index is 1.56. The molecule has 142 valence electrons. The molecule has 7 heteroatoms. The molecule has 0 saturated carbocycles. The number of fused-ring (bicyclic) bond motifs is 1. The van der Waals surface area contributed by atoms with E-state index in [1.807, 2.05) is 18.2 Å². The minimum atomic E-state index is 0.0219. The number of carbonyl (C=O) groups is 1. The van der Waals surface area contributed by atoms with E-state index in [0.29, 0.717) is 11.5 Å². The summed E-state index contributed by atoms with van der Waals surface area (Å²) in [5, 5.41) is 1.13. The van der Waals surface area contributed by atoms with Crippen LogP contribution in [0.15, 0.2) is 35.5 Å². The van der Waals surface area contributed by atoms with Gasteiger partial charge in [-0.05, 0) is 43.4 Å². The summed E-state index contributed by atoms with van der Waals surface area (Å²) < 4.78 is 1.07. The summed E-state index contributed by atoms with van der Waals surface area (Å²) in [6, 6.07) is 5.75. The molecule has 2 heterocycles. The second kappa shape index (κ2) is 8.80. The summed E-state index contributed by atoms with van der Waals surface area (Å²) in [5.41, 5.74) is 1.68. The van der Waals surface area contributed by atoms with Crippen LogP contribution < -0.4 is 0 Å². The van der Waals surface area contributed by atoms with Crippen molar-refractivity contribution in [1.82, 2.24) is 19.9 Å². The SMILES string of the molecule is C[C@@H](CCc1ncc(S)cn1)CCc1nc2ccc(C(=O)N(C)C)cc2s1. The molecule has 0 N–H and O–H groups in total. The molecule has 1 aromatic carbocycles. The average molecular weight is 401 g/mol. The number of carbonyl (C=O) groups excluding carboxylic acids is 1. The van der Waals surface area contributed by atoms with E-state index >= 15 is 0 Å². The van der Waals surface area contributed by atoms with Crippen LogP contribution in [0.3, 0.4) is 0 Å². The molecule has 1 amide bonds. The molecule has 0 radical (unpaired) electrons. The van der Waals surface area contributed by atoms with Crippen LogP contribution in [-0.2, 0) is 12.8 Å². The molecule has 0 fully saturated rings. The third kappa shape index (κ3) is 5.26. The first-order chi connectivity index (χ1) is 12.9. The second-order valence-electron chi connectivity index (χ2n) is 7.03. The lowest BCUT2D eigenvalue weighted by molar-refractivity contribution is 0.0828. The fraction of sp³-hybridized carbons (Fsp3) is 0.400. The van der Waals surface area contributed by atoms with Crippen LogP contribution in [0.5, 0.6) is 0 Å². The molecular weight excluding hydrogens is 376 g/mol. The van der Waals surface area contributed by atoms with Crippen LogP contribution in [0.2, 0.25) is 0 Å². The smallest absolute Gasteiger partial charge is 0.253 e. The minimum absolute atomic E-state index is 0.0219. The summed E-state index contributed by atoms with van der Waals surface area (Å²) in [4.78, 5) is 27.8. The van der Waals surface area contributed by atoms with Crippen molar-refractivity contribution >= 4 is 40.1 Å². The number of thiol groups is 1. The fourth-order valence-electron chi connectivity index (χ4n) is 2.84. The van der Waals surface area contributed by atoms with Crippen molar-refractivity contribution in [1.29, 1.82) is 0 Å². The number of hydrogen-bond donors (Lipinski definition) is 1. The average Bonchev–Trinajstić information content (AvgIpc) is 3.07. The monoisotopic (exact) mass is 400 g/mol. The maximum atomic E-state index is 12.1. The van der Waals surface area contributed by atoms with Crippen LogP contribution in [0, 0.1) is 5.92 Å². The highest BCUT2D eigenvalue weighted by Gasteiger charge is 2.12. The number of hydrogen-bond acceptors (Lipinski definition) is 6. The zero-order valence-corrected chi connectivity index (χ0v) is 17.6. The van der Waals surface area contributed by atoms with Crippen molar-refractivity contribution in [3.63, 3.8) is 0 Å². The second-order valence-corrected chi connectivity index (χ2v) is 8.66. The van der Waals surface area contributed by atoms with E-state index in [2.05, 4.69) is 29.5 Å². The van der Waals surface area contributed by atoms with E-state index in [4.69, 9.17) is 4.98 Å². The topological polar surface area (TPSA) is 59.0 Å². The Morgan fingerprint density at radius 1 is 1.19 bits per heavy atom. The minimum Gasteiger partial charge on any atom is -0.345 e. The van der Waals surface area contributed by atoms with E-state index < -0.39 is 0 Å². The molecule has 0 aliphatic carbocycles. The lowest BCUT2D eigenvalue weighted by Crippen LogP contribution is -2.21. The Morgan fingerprint density at radius 2 is 1.89 bits per heavy atom. The van der Waals surface area contributed by atoms with Crippen molar-refractivity contribution in [2.45, 2.75) is 37.5 Å². The number of nitrogens with zero attached hydrogens (tertiary/aromatic N) is 4. The molecular formula is C20H24N4OS2. The Bertz CT molecular complexity index is 921. The predicted molar refractivity (Wildman–Crippen MR) is 113 cm³/mol. The van der Waals surface area contributed by atoms with Gasteiger partial charge in [0, 0.05) is 43.4 Å². The standard InChI is InChI=1S/C20H24N4OS2/c1-13(4-8-18-21-11-15(26)12-22-18)5-9-19-23-16-7-6-14(10-17(16)27-19)20(25)24(2)3/h6-7,10-13,26H,4-5,8-9H2,1-3H3/t13-/m0/s1. The number of aryl methyl sites for hydroxylation is 2. The van der Waals surface area contributed by atoms with E-state index in [0.717, 1.165) is 51.6 Å². The molecule has 1 atom stereocenters. The van der Waals surface area contributed by atoms with Crippen LogP contribution in [0.4, 0.5) is 0 Å². The van der Waals surface area contributed by atoms with Gasteiger partial charge in [0.1, 0.15) is 5.82 Å². The first-order valence-electron chi connectivity index (χ1n) is 9.03. The number of amides is 1. The predicted octanol–water partition coefficient (Wildman–Crippen LogP) is 4.28. The van der Waals surface area contributed by atoms with E-state index in [1.54, 1.807) is 42.7 Å². The lowest BCUT2D eigenvalue weighted by Gasteiger charge is -2.09. The van der Waals surface area contributed by atoms with Crippen LogP contribution in [0.25, 0.3) is 10.2 Å². The molecule has 3 aromatic rings. The van der Waals surface area contributed by atoms with Gasteiger partial charge in [0.25, 0.3) is 5.91 Å². The number of benzene rings is 1. The quantitative estimate of drug-likeness (QED) is 0.602. The normalized spacial score (nSPS) is 12.3. The molecule has 0 aliphatic rings. The van der Waals surface area contributed by atoms with Crippen molar-refractivity contribution in [3.05, 3.63) is 47.0 Å². The van der Waals surface area contributed by atoms with Gasteiger partial charge in [0.15, 0.2) is 0 Å². The van der Waals surface area contributed by atoms with Gasteiger partial charge < -0.3 is 4.90 Å². The summed E-state index contributed by atoms with van der Waals surface area (Å²) in [6.07, 6.45) is 7.45. The van der Waals surface area contributed by atoms with E-state index in [9.17, 15) is 4.79 Å². The molecule has 0 bridgehead atoms. The van der Waals surface area contributed by atoms with Gasteiger partial charge in [0.05, 0.1) is 15.2 Å². The molecule has 2 aromatic heterocycles. The highest BCUT2D eigenvalue weighted by atomic mass is 32.1. The van der Waals surface area contributed by atoms with E-state index in [-0.39, 0.29) is 5.91 Å². The van der Waals surface area contributed by atoms with Gasteiger partial charge in [-0.15, -0.1) is 24.0 Å². The third-order valence-electron chi connectivity index (χ3n) is 4.49. The highest BCUT2D eigenvalue weighted by Crippen LogP contribution is 2.26. The van der Waals surface area contributed by atoms with Gasteiger partial charge in [-0.2, -0.15) is 0 Å². The van der Waals surface area contributed by atoms with Crippen molar-refractivity contribution in [3.8, 4) is 0 Å². The largest absolute Gasteiger partial charge is 0.345 e. The Morgan fingerprint density at radius 3 is 2.59 bits per heavy atom. The Labute approximate surface area is 169 Å². The Hall–Kier alpha value is -1.99. The molecule has 0 unspecified atom stereocenters. The number of aromatic nitrogens is 3. The van der Waals surface area contributed by atoms with Crippen LogP contribution in [-0.4, -0.2) is 39.9 Å². The zero-order valence-electron chi connectivity index (χ0n) is 15.8. The van der Waals surface area contributed by atoms with Crippen molar-refractivity contribution in [2.75, 3.05) is 14.1 Å². The first-order valence-corrected chi connectivity index (χ1v) is 10.3. The summed E-state index contributed by atoms with van der Waals surface area (Å²) in [7, 11) is 3.54. The number of thiazole rings is 1.